The second kappa shape index (κ2) is 5.95. The summed E-state index contributed by atoms with van der Waals surface area (Å²) in [5, 5.41) is 0. The van der Waals surface area contributed by atoms with Crippen LogP contribution in [0.2, 0.25) is 0 Å². The monoisotopic (exact) mass is 313 g/mol. The lowest BCUT2D eigenvalue weighted by Gasteiger charge is -2.40. The normalized spacial score (nSPS) is 27.7. The first-order chi connectivity index (χ1) is 11.2. The van der Waals surface area contributed by atoms with E-state index < -0.39 is 0 Å². The van der Waals surface area contributed by atoms with Crippen LogP contribution in [0, 0.1) is 11.8 Å². The van der Waals surface area contributed by atoms with Gasteiger partial charge in [-0.15, -0.1) is 0 Å². The molecule has 2 amide bonds. The number of piperidine rings is 1. The lowest BCUT2D eigenvalue weighted by molar-refractivity contribution is -0.141. The van der Waals surface area contributed by atoms with Crippen LogP contribution in [0.3, 0.4) is 0 Å². The van der Waals surface area contributed by atoms with E-state index in [1.807, 2.05) is 17.0 Å². The van der Waals surface area contributed by atoms with E-state index in [1.165, 1.54) is 19.3 Å². The molecule has 23 heavy (non-hydrogen) atoms. The molecule has 3 aliphatic heterocycles. The highest BCUT2D eigenvalue weighted by Crippen LogP contribution is 2.34. The molecule has 0 N–H and O–H groups in total. The minimum atomic E-state index is -0.0409. The van der Waals surface area contributed by atoms with E-state index in [1.54, 1.807) is 12.3 Å². The van der Waals surface area contributed by atoms with Crippen LogP contribution in [0.5, 0.6) is 0 Å². The van der Waals surface area contributed by atoms with Crippen LogP contribution >= 0.6 is 0 Å². The highest BCUT2D eigenvalue weighted by Gasteiger charge is 2.43. The summed E-state index contributed by atoms with van der Waals surface area (Å²) >= 11 is 0. The van der Waals surface area contributed by atoms with Gasteiger partial charge in [-0.1, -0.05) is 12.5 Å². The van der Waals surface area contributed by atoms with Crippen molar-refractivity contribution >= 4 is 11.8 Å². The maximum absolute atomic E-state index is 12.8. The summed E-state index contributed by atoms with van der Waals surface area (Å²) in [5.74, 6) is 0.880. The van der Waals surface area contributed by atoms with Crippen molar-refractivity contribution in [3.05, 3.63) is 30.1 Å². The van der Waals surface area contributed by atoms with E-state index in [4.69, 9.17) is 0 Å². The Kier molecular flexibility index (Phi) is 3.79. The maximum atomic E-state index is 12.8. The smallest absolute Gasteiger partial charge is 0.272 e. The number of hydrogen-bond acceptors (Lipinski definition) is 3. The van der Waals surface area contributed by atoms with Crippen molar-refractivity contribution in [2.75, 3.05) is 19.6 Å². The van der Waals surface area contributed by atoms with E-state index in [2.05, 4.69) is 9.88 Å². The number of fused-ring (bicyclic) bond motifs is 4. The van der Waals surface area contributed by atoms with Crippen LogP contribution in [0.15, 0.2) is 24.4 Å². The zero-order chi connectivity index (χ0) is 15.8. The Morgan fingerprint density at radius 1 is 1.17 bits per heavy atom. The molecule has 3 saturated heterocycles. The van der Waals surface area contributed by atoms with Crippen molar-refractivity contribution < 1.29 is 9.59 Å². The first-order valence-corrected chi connectivity index (χ1v) is 8.73. The van der Waals surface area contributed by atoms with Gasteiger partial charge >= 0.3 is 0 Å². The highest BCUT2D eigenvalue weighted by atomic mass is 16.2. The molecule has 1 saturated carbocycles. The summed E-state index contributed by atoms with van der Waals surface area (Å²) in [6, 6.07) is 5.59. The van der Waals surface area contributed by atoms with Gasteiger partial charge in [-0.3, -0.25) is 14.6 Å². The zero-order valence-electron chi connectivity index (χ0n) is 13.4. The molecule has 122 valence electrons. The second-order valence-electron chi connectivity index (χ2n) is 7.14. The predicted octanol–water partition coefficient (Wildman–Crippen LogP) is 1.94. The van der Waals surface area contributed by atoms with Crippen LogP contribution in [-0.4, -0.2) is 52.3 Å². The topological polar surface area (TPSA) is 53.5 Å². The molecule has 0 aromatic carbocycles. The van der Waals surface area contributed by atoms with Crippen molar-refractivity contribution in [2.45, 2.75) is 38.1 Å². The van der Waals surface area contributed by atoms with Crippen molar-refractivity contribution in [3.63, 3.8) is 0 Å². The number of amides is 2. The first kappa shape index (κ1) is 14.7. The average molecular weight is 313 g/mol. The molecule has 0 radical (unpaired) electrons. The van der Waals surface area contributed by atoms with Crippen LogP contribution in [-0.2, 0) is 4.79 Å². The van der Waals surface area contributed by atoms with Crippen LogP contribution < -0.4 is 0 Å². The van der Waals surface area contributed by atoms with Gasteiger partial charge in [0.15, 0.2) is 0 Å². The number of rotatable bonds is 3. The molecule has 5 rings (SSSR count). The molecular formula is C18H23N3O2. The molecule has 2 bridgehead atoms. The number of nitrogens with zero attached hydrogens (tertiary/aromatic N) is 3. The van der Waals surface area contributed by atoms with Gasteiger partial charge in [0.25, 0.3) is 5.91 Å². The Bertz CT molecular complexity index is 600. The molecule has 4 aliphatic rings. The van der Waals surface area contributed by atoms with Gasteiger partial charge in [-0.25, -0.2) is 0 Å². The molecule has 5 nitrogen and oxygen atoms in total. The SMILES string of the molecule is O=C(c1ccccn1)N1C[C@@H]2CC[C@H](C1)N(CC1CCC1)C2=O. The quantitative estimate of drug-likeness (QED) is 0.857. The third-order valence-corrected chi connectivity index (χ3v) is 5.64. The molecule has 4 heterocycles. The van der Waals surface area contributed by atoms with Gasteiger partial charge in [-0.05, 0) is 43.7 Å². The van der Waals surface area contributed by atoms with E-state index in [0.29, 0.717) is 24.7 Å². The summed E-state index contributed by atoms with van der Waals surface area (Å²) in [7, 11) is 0. The largest absolute Gasteiger partial charge is 0.337 e. The highest BCUT2D eigenvalue weighted by molar-refractivity contribution is 5.93. The Balaban J connectivity index is 1.52. The Morgan fingerprint density at radius 3 is 2.74 bits per heavy atom. The summed E-state index contributed by atoms with van der Waals surface area (Å²) in [6.45, 7) is 2.10. The standard InChI is InChI=1S/C18H23N3O2/c22-17-14-7-8-15(21(17)10-13-4-3-5-13)12-20(11-14)18(23)16-6-1-2-9-19-16/h1-2,6,9,13-15H,3-5,7-8,10-12H2/t14-,15+/m0/s1. The Morgan fingerprint density at radius 2 is 2.04 bits per heavy atom. The van der Waals surface area contributed by atoms with Crippen molar-refractivity contribution in [1.29, 1.82) is 0 Å². The van der Waals surface area contributed by atoms with E-state index in [0.717, 1.165) is 19.4 Å². The fraction of sp³-hybridized carbons (Fsp3) is 0.611. The number of hydrogen-bond donors (Lipinski definition) is 0. The predicted molar refractivity (Wildman–Crippen MR) is 85.7 cm³/mol. The average Bonchev–Trinajstić information content (AvgIpc) is 2.83. The Labute approximate surface area is 136 Å². The lowest BCUT2D eigenvalue weighted by Crippen LogP contribution is -2.50. The molecule has 4 fully saturated rings. The van der Waals surface area contributed by atoms with Crippen LogP contribution in [0.1, 0.15) is 42.6 Å². The minimum Gasteiger partial charge on any atom is -0.337 e. The minimum absolute atomic E-state index is 0.0264. The number of pyridine rings is 1. The summed E-state index contributed by atoms with van der Waals surface area (Å²) < 4.78 is 0. The summed E-state index contributed by atoms with van der Waals surface area (Å²) in [6.07, 6.45) is 7.38. The summed E-state index contributed by atoms with van der Waals surface area (Å²) in [5.41, 5.74) is 0.479. The van der Waals surface area contributed by atoms with Crippen molar-refractivity contribution in [3.8, 4) is 0 Å². The van der Waals surface area contributed by atoms with E-state index >= 15 is 0 Å². The molecular weight excluding hydrogens is 290 g/mol. The first-order valence-electron chi connectivity index (χ1n) is 8.73. The number of carbonyl (C=O) groups is 2. The fourth-order valence-electron chi connectivity index (χ4n) is 4.05. The van der Waals surface area contributed by atoms with Crippen LogP contribution in [0.25, 0.3) is 0 Å². The number of aromatic nitrogens is 1. The van der Waals surface area contributed by atoms with Crippen LogP contribution in [0.4, 0.5) is 0 Å². The van der Waals surface area contributed by atoms with Gasteiger partial charge in [0.05, 0.1) is 5.92 Å². The van der Waals surface area contributed by atoms with E-state index in [-0.39, 0.29) is 23.8 Å². The molecule has 1 aliphatic carbocycles. The molecule has 0 spiro atoms. The van der Waals surface area contributed by atoms with Crippen molar-refractivity contribution in [1.82, 2.24) is 14.8 Å². The third kappa shape index (κ3) is 2.73. The second-order valence-corrected chi connectivity index (χ2v) is 7.14. The lowest BCUT2D eigenvalue weighted by atomic mass is 9.83. The number of carbonyl (C=O) groups excluding carboxylic acids is 2. The van der Waals surface area contributed by atoms with Gasteiger partial charge < -0.3 is 9.80 Å². The molecule has 2 atom stereocenters. The molecule has 1 aromatic heterocycles. The molecule has 1 aromatic rings. The summed E-state index contributed by atoms with van der Waals surface area (Å²) in [4.78, 5) is 33.6. The van der Waals surface area contributed by atoms with E-state index in [9.17, 15) is 9.59 Å². The van der Waals surface area contributed by atoms with Gasteiger partial charge in [-0.2, -0.15) is 0 Å². The third-order valence-electron chi connectivity index (χ3n) is 5.64. The van der Waals surface area contributed by atoms with Gasteiger partial charge in [0, 0.05) is 31.9 Å². The zero-order valence-corrected chi connectivity index (χ0v) is 13.4. The fourth-order valence-corrected chi connectivity index (χ4v) is 4.05. The van der Waals surface area contributed by atoms with Crippen molar-refractivity contribution in [2.24, 2.45) is 11.8 Å². The van der Waals surface area contributed by atoms with Gasteiger partial charge in [0.1, 0.15) is 5.69 Å². The molecule has 5 heteroatoms. The van der Waals surface area contributed by atoms with Gasteiger partial charge in [0.2, 0.25) is 5.91 Å². The molecule has 0 unspecified atom stereocenters. The maximum Gasteiger partial charge on any atom is 0.272 e. The Hall–Kier alpha value is -1.91.